The molecule has 0 unspecified atom stereocenters. The van der Waals surface area contributed by atoms with Crippen LogP contribution in [0.4, 0.5) is 10.5 Å². The summed E-state index contributed by atoms with van der Waals surface area (Å²) in [7, 11) is 0. The molecule has 1 aliphatic heterocycles. The molecule has 0 aliphatic carbocycles. The summed E-state index contributed by atoms with van der Waals surface area (Å²) in [5.74, 6) is 6.00. The third kappa shape index (κ3) is 4.52. The van der Waals surface area contributed by atoms with E-state index in [1.165, 1.54) is 0 Å². The van der Waals surface area contributed by atoms with Gasteiger partial charge in [-0.05, 0) is 44.0 Å². The van der Waals surface area contributed by atoms with Gasteiger partial charge in [0.15, 0.2) is 0 Å². The zero-order valence-corrected chi connectivity index (χ0v) is 12.7. The Hall–Kier alpha value is -2.48. The fraction of sp³-hybridized carbons (Fsp3) is 0.412. The molecular weight excluding hydrogens is 280 g/mol. The average molecular weight is 300 g/mol. The number of alkyl carbamates (subject to hydrolysis) is 1. The van der Waals surface area contributed by atoms with Crippen molar-refractivity contribution in [1.82, 2.24) is 5.32 Å². The predicted molar refractivity (Wildman–Crippen MR) is 84.5 cm³/mol. The first-order valence-electron chi connectivity index (χ1n) is 7.50. The topological polar surface area (TPSA) is 58.6 Å². The van der Waals surface area contributed by atoms with Gasteiger partial charge in [-0.1, -0.05) is 11.8 Å². The van der Waals surface area contributed by atoms with Gasteiger partial charge in [-0.3, -0.25) is 4.79 Å². The van der Waals surface area contributed by atoms with Crippen molar-refractivity contribution in [2.45, 2.75) is 26.2 Å². The van der Waals surface area contributed by atoms with Gasteiger partial charge in [-0.15, -0.1) is 0 Å². The minimum Gasteiger partial charge on any atom is -0.450 e. The Balaban J connectivity index is 1.89. The van der Waals surface area contributed by atoms with Gasteiger partial charge >= 0.3 is 6.09 Å². The van der Waals surface area contributed by atoms with E-state index in [1.807, 2.05) is 29.2 Å². The van der Waals surface area contributed by atoms with Crippen molar-refractivity contribution >= 4 is 17.7 Å². The fourth-order valence-corrected chi connectivity index (χ4v) is 2.25. The second-order valence-electron chi connectivity index (χ2n) is 4.93. The Bertz CT molecular complexity index is 584. The Kier molecular flexibility index (Phi) is 5.84. The van der Waals surface area contributed by atoms with Crippen LogP contribution in [-0.4, -0.2) is 31.7 Å². The summed E-state index contributed by atoms with van der Waals surface area (Å²) < 4.78 is 4.73. The Labute approximate surface area is 130 Å². The summed E-state index contributed by atoms with van der Waals surface area (Å²) in [4.78, 5) is 24.7. The molecule has 5 nitrogen and oxygen atoms in total. The lowest BCUT2D eigenvalue weighted by molar-refractivity contribution is -0.119. The molecule has 1 aromatic carbocycles. The Morgan fingerprint density at radius 3 is 2.77 bits per heavy atom. The maximum absolute atomic E-state index is 11.9. The lowest BCUT2D eigenvalue weighted by Gasteiger charge is -2.26. The first-order chi connectivity index (χ1) is 10.7. The van der Waals surface area contributed by atoms with Crippen LogP contribution in [0.3, 0.4) is 0 Å². The summed E-state index contributed by atoms with van der Waals surface area (Å²) in [6.45, 7) is 3.12. The monoisotopic (exact) mass is 300 g/mol. The summed E-state index contributed by atoms with van der Waals surface area (Å²) in [5, 5.41) is 2.54. The summed E-state index contributed by atoms with van der Waals surface area (Å²) in [6.07, 6.45) is 2.19. The zero-order valence-electron chi connectivity index (χ0n) is 12.7. The van der Waals surface area contributed by atoms with E-state index in [9.17, 15) is 9.59 Å². The highest BCUT2D eigenvalue weighted by molar-refractivity contribution is 5.94. The van der Waals surface area contributed by atoms with Gasteiger partial charge in [0, 0.05) is 24.2 Å². The fourth-order valence-electron chi connectivity index (χ4n) is 2.25. The normalized spacial score (nSPS) is 14.0. The highest BCUT2D eigenvalue weighted by atomic mass is 16.5. The van der Waals surface area contributed by atoms with Crippen molar-refractivity contribution in [3.8, 4) is 11.8 Å². The number of nitrogens with zero attached hydrogens (tertiary/aromatic N) is 1. The zero-order chi connectivity index (χ0) is 15.8. The SMILES string of the molecule is CCOC(=O)NCC#Cc1ccc(N2CCCCC2=O)cc1. The highest BCUT2D eigenvalue weighted by Crippen LogP contribution is 2.20. The first kappa shape index (κ1) is 15.9. The summed E-state index contributed by atoms with van der Waals surface area (Å²) in [5.41, 5.74) is 1.76. The van der Waals surface area contributed by atoms with Gasteiger partial charge in [-0.2, -0.15) is 0 Å². The number of nitrogens with one attached hydrogen (secondary N) is 1. The van der Waals surface area contributed by atoms with Gasteiger partial charge in [0.1, 0.15) is 0 Å². The third-order valence-electron chi connectivity index (χ3n) is 3.33. The lowest BCUT2D eigenvalue weighted by atomic mass is 10.1. The van der Waals surface area contributed by atoms with E-state index in [1.54, 1.807) is 6.92 Å². The molecule has 0 atom stereocenters. The molecule has 116 valence electrons. The van der Waals surface area contributed by atoms with Crippen molar-refractivity contribution in [1.29, 1.82) is 0 Å². The van der Waals surface area contributed by atoms with Crippen LogP contribution in [0.25, 0.3) is 0 Å². The number of ether oxygens (including phenoxy) is 1. The molecule has 1 heterocycles. The minimum atomic E-state index is -0.462. The highest BCUT2D eigenvalue weighted by Gasteiger charge is 2.18. The van der Waals surface area contributed by atoms with Gasteiger partial charge in [0.25, 0.3) is 0 Å². The average Bonchev–Trinajstić information content (AvgIpc) is 2.53. The molecule has 2 amide bonds. The quantitative estimate of drug-likeness (QED) is 0.871. The molecule has 0 bridgehead atoms. The predicted octanol–water partition coefficient (Wildman–Crippen LogP) is 2.30. The molecule has 5 heteroatoms. The number of anilines is 1. The number of hydrogen-bond donors (Lipinski definition) is 1. The number of piperidine rings is 1. The molecule has 0 aromatic heterocycles. The van der Waals surface area contributed by atoms with Crippen LogP contribution in [0.2, 0.25) is 0 Å². The number of carbonyl (C=O) groups excluding carboxylic acids is 2. The van der Waals surface area contributed by atoms with E-state index in [-0.39, 0.29) is 12.5 Å². The van der Waals surface area contributed by atoms with E-state index < -0.39 is 6.09 Å². The van der Waals surface area contributed by atoms with Crippen molar-refractivity contribution in [3.63, 3.8) is 0 Å². The molecule has 1 N–H and O–H groups in total. The largest absolute Gasteiger partial charge is 0.450 e. The molecule has 0 radical (unpaired) electrons. The number of carbonyl (C=O) groups is 2. The van der Waals surface area contributed by atoms with Crippen molar-refractivity contribution in [2.75, 3.05) is 24.6 Å². The van der Waals surface area contributed by atoms with Crippen LogP contribution < -0.4 is 10.2 Å². The van der Waals surface area contributed by atoms with E-state index >= 15 is 0 Å². The molecule has 1 fully saturated rings. The number of hydrogen-bond acceptors (Lipinski definition) is 3. The lowest BCUT2D eigenvalue weighted by Crippen LogP contribution is -2.35. The van der Waals surface area contributed by atoms with Gasteiger partial charge in [0.05, 0.1) is 13.2 Å². The van der Waals surface area contributed by atoms with Crippen LogP contribution in [-0.2, 0) is 9.53 Å². The summed E-state index contributed by atoms with van der Waals surface area (Å²) in [6, 6.07) is 7.58. The molecule has 0 spiro atoms. The van der Waals surface area contributed by atoms with E-state index in [4.69, 9.17) is 4.74 Å². The summed E-state index contributed by atoms with van der Waals surface area (Å²) >= 11 is 0. The second-order valence-corrected chi connectivity index (χ2v) is 4.93. The van der Waals surface area contributed by atoms with Crippen LogP contribution in [0.15, 0.2) is 24.3 Å². The standard InChI is InChI=1S/C17H20N2O3/c1-2-22-17(21)18-12-5-6-14-8-10-15(11-9-14)19-13-4-3-7-16(19)20/h8-11H,2-4,7,12-13H2,1H3,(H,18,21). The van der Waals surface area contributed by atoms with Gasteiger partial charge in [-0.25, -0.2) is 4.79 Å². The van der Waals surface area contributed by atoms with Crippen molar-refractivity contribution in [2.24, 2.45) is 0 Å². The number of amides is 2. The van der Waals surface area contributed by atoms with Crippen LogP contribution >= 0.6 is 0 Å². The maximum atomic E-state index is 11.9. The minimum absolute atomic E-state index is 0.184. The Morgan fingerprint density at radius 1 is 1.32 bits per heavy atom. The first-order valence-corrected chi connectivity index (χ1v) is 7.50. The van der Waals surface area contributed by atoms with E-state index in [2.05, 4.69) is 17.2 Å². The molecular formula is C17H20N2O3. The van der Waals surface area contributed by atoms with E-state index in [0.29, 0.717) is 13.0 Å². The third-order valence-corrected chi connectivity index (χ3v) is 3.33. The Morgan fingerprint density at radius 2 is 2.09 bits per heavy atom. The van der Waals surface area contributed by atoms with Gasteiger partial charge < -0.3 is 15.0 Å². The maximum Gasteiger partial charge on any atom is 0.407 e. The van der Waals surface area contributed by atoms with Crippen molar-refractivity contribution in [3.05, 3.63) is 29.8 Å². The molecule has 1 aliphatic rings. The number of benzene rings is 1. The molecule has 2 rings (SSSR count). The number of rotatable bonds is 3. The molecule has 0 saturated carbocycles. The molecule has 22 heavy (non-hydrogen) atoms. The molecule has 1 aromatic rings. The van der Waals surface area contributed by atoms with Crippen LogP contribution in [0, 0.1) is 11.8 Å². The smallest absolute Gasteiger partial charge is 0.407 e. The molecule has 1 saturated heterocycles. The van der Waals surface area contributed by atoms with Crippen LogP contribution in [0.5, 0.6) is 0 Å². The van der Waals surface area contributed by atoms with Crippen LogP contribution in [0.1, 0.15) is 31.7 Å². The van der Waals surface area contributed by atoms with Crippen molar-refractivity contribution < 1.29 is 14.3 Å². The second kappa shape index (κ2) is 8.08. The van der Waals surface area contributed by atoms with Gasteiger partial charge in [0.2, 0.25) is 5.91 Å². The van der Waals surface area contributed by atoms with E-state index in [0.717, 1.165) is 30.6 Å².